The topological polar surface area (TPSA) is 112 Å². The molecule has 0 spiro atoms. The minimum atomic E-state index is -3.83. The zero-order valence-corrected chi connectivity index (χ0v) is 13.7. The monoisotopic (exact) mass is 314 g/mol. The van der Waals surface area contributed by atoms with Crippen LogP contribution in [-0.2, 0) is 20.2 Å². The summed E-state index contributed by atoms with van der Waals surface area (Å²) >= 11 is 0. The van der Waals surface area contributed by atoms with Gasteiger partial charge in [0.2, 0.25) is 10.0 Å². The van der Waals surface area contributed by atoms with Gasteiger partial charge >= 0.3 is 0 Å². The van der Waals surface area contributed by atoms with Crippen LogP contribution in [0, 0.1) is 6.92 Å². The van der Waals surface area contributed by atoms with Crippen molar-refractivity contribution in [3.8, 4) is 5.75 Å². The van der Waals surface area contributed by atoms with Crippen molar-refractivity contribution in [1.82, 2.24) is 0 Å². The molecule has 0 heterocycles. The molecule has 21 heavy (non-hydrogen) atoms. The van der Waals surface area contributed by atoms with Crippen molar-refractivity contribution in [3.63, 3.8) is 0 Å². The highest BCUT2D eigenvalue weighted by molar-refractivity contribution is 7.89. The van der Waals surface area contributed by atoms with Gasteiger partial charge in [-0.2, -0.15) is 0 Å². The van der Waals surface area contributed by atoms with E-state index in [1.807, 2.05) is 20.8 Å². The first-order valence-electron chi connectivity index (χ1n) is 6.48. The molecule has 1 aromatic carbocycles. The third-order valence-corrected chi connectivity index (χ3v) is 4.15. The Hall–Kier alpha value is -1.60. The van der Waals surface area contributed by atoms with Crippen LogP contribution in [0.2, 0.25) is 0 Å². The zero-order valence-electron chi connectivity index (χ0n) is 12.9. The molecular formula is C14H22N2O4S. The molecule has 0 radical (unpaired) electrons. The van der Waals surface area contributed by atoms with Crippen molar-refractivity contribution < 1.29 is 17.9 Å². The molecule has 0 aliphatic carbocycles. The lowest BCUT2D eigenvalue weighted by atomic mass is 9.86. The van der Waals surface area contributed by atoms with E-state index in [1.165, 1.54) is 13.0 Å². The second-order valence-corrected chi connectivity index (χ2v) is 7.60. The van der Waals surface area contributed by atoms with Crippen LogP contribution in [0.5, 0.6) is 5.75 Å². The predicted molar refractivity (Wildman–Crippen MR) is 80.5 cm³/mol. The van der Waals surface area contributed by atoms with E-state index >= 15 is 0 Å². The first kappa shape index (κ1) is 17.5. The fourth-order valence-corrected chi connectivity index (χ4v) is 2.69. The number of carbonyl (C=O) groups excluding carboxylic acids is 1. The molecule has 0 fully saturated rings. The molecule has 0 saturated heterocycles. The summed E-state index contributed by atoms with van der Waals surface area (Å²) in [6, 6.07) is 3.06. The number of rotatable bonds is 4. The Bertz CT molecular complexity index is 660. The summed E-state index contributed by atoms with van der Waals surface area (Å²) in [5.74, 6) is -0.165. The highest BCUT2D eigenvalue weighted by atomic mass is 32.2. The van der Waals surface area contributed by atoms with Crippen molar-refractivity contribution in [3.05, 3.63) is 23.3 Å². The number of hydrogen-bond acceptors (Lipinski definition) is 4. The minimum Gasteiger partial charge on any atom is -0.481 e. The van der Waals surface area contributed by atoms with Crippen LogP contribution in [0.25, 0.3) is 0 Å². The van der Waals surface area contributed by atoms with Gasteiger partial charge < -0.3 is 10.5 Å². The molecule has 1 atom stereocenters. The van der Waals surface area contributed by atoms with Gasteiger partial charge in [-0.05, 0) is 37.0 Å². The Kier molecular flexibility index (Phi) is 4.70. The van der Waals surface area contributed by atoms with E-state index in [4.69, 9.17) is 15.6 Å². The van der Waals surface area contributed by atoms with Gasteiger partial charge in [0.05, 0.1) is 4.90 Å². The molecule has 4 N–H and O–H groups in total. The number of aryl methyl sites for hydroxylation is 1. The second kappa shape index (κ2) is 5.65. The normalized spacial score (nSPS) is 13.8. The van der Waals surface area contributed by atoms with Gasteiger partial charge in [-0.25, -0.2) is 13.6 Å². The maximum atomic E-state index is 11.6. The van der Waals surface area contributed by atoms with Crippen molar-refractivity contribution in [2.75, 3.05) is 0 Å². The molecule has 1 amide bonds. The molecule has 6 nitrogen and oxygen atoms in total. The summed E-state index contributed by atoms with van der Waals surface area (Å²) in [5, 5.41) is 5.23. The molecule has 1 aromatic rings. The van der Waals surface area contributed by atoms with Gasteiger partial charge in [0, 0.05) is 5.56 Å². The number of nitrogens with two attached hydrogens (primary N) is 2. The summed E-state index contributed by atoms with van der Waals surface area (Å²) in [7, 11) is -3.83. The minimum absolute atomic E-state index is 0.0477. The average molecular weight is 314 g/mol. The van der Waals surface area contributed by atoms with Crippen LogP contribution in [0.15, 0.2) is 17.0 Å². The third-order valence-electron chi connectivity index (χ3n) is 3.10. The molecule has 0 aliphatic rings. The standard InChI is InChI=1S/C14H22N2O4S/c1-8-6-11(20-9(2)13(15)17)10(14(3,4)5)7-12(8)21(16,18)19/h6-7,9H,1-5H3,(H2,15,17)(H2,16,18,19). The van der Waals surface area contributed by atoms with Gasteiger partial charge in [-0.15, -0.1) is 0 Å². The Morgan fingerprint density at radius 1 is 1.29 bits per heavy atom. The number of ether oxygens (including phenoxy) is 1. The van der Waals surface area contributed by atoms with E-state index in [-0.39, 0.29) is 10.3 Å². The number of sulfonamides is 1. The lowest BCUT2D eigenvalue weighted by molar-refractivity contribution is -0.124. The van der Waals surface area contributed by atoms with Crippen molar-refractivity contribution in [1.29, 1.82) is 0 Å². The largest absolute Gasteiger partial charge is 0.481 e. The summed E-state index contributed by atoms with van der Waals surface area (Å²) < 4.78 is 28.8. The molecule has 118 valence electrons. The molecule has 0 aromatic heterocycles. The summed E-state index contributed by atoms with van der Waals surface area (Å²) in [4.78, 5) is 11.2. The number of hydrogen-bond donors (Lipinski definition) is 2. The Labute approximate surface area is 125 Å². The van der Waals surface area contributed by atoms with E-state index in [9.17, 15) is 13.2 Å². The van der Waals surface area contributed by atoms with E-state index in [0.29, 0.717) is 16.9 Å². The first-order chi connectivity index (χ1) is 9.34. The lowest BCUT2D eigenvalue weighted by Gasteiger charge is -2.25. The summed E-state index contributed by atoms with van der Waals surface area (Å²) in [6.45, 7) is 8.89. The number of benzene rings is 1. The Balaban J connectivity index is 3.51. The third kappa shape index (κ3) is 4.18. The van der Waals surface area contributed by atoms with Crippen LogP contribution < -0.4 is 15.6 Å². The van der Waals surface area contributed by atoms with Crippen LogP contribution in [0.3, 0.4) is 0 Å². The molecule has 7 heteroatoms. The lowest BCUT2D eigenvalue weighted by Crippen LogP contribution is -2.31. The molecule has 0 saturated carbocycles. The molecule has 0 bridgehead atoms. The van der Waals surface area contributed by atoms with Gasteiger partial charge in [0.1, 0.15) is 5.75 Å². The summed E-state index contributed by atoms with van der Waals surface area (Å²) in [5.41, 5.74) is 5.91. The quantitative estimate of drug-likeness (QED) is 0.869. The van der Waals surface area contributed by atoms with E-state index < -0.39 is 22.0 Å². The smallest absolute Gasteiger partial charge is 0.258 e. The predicted octanol–water partition coefficient (Wildman–Crippen LogP) is 1.19. The fourth-order valence-electron chi connectivity index (χ4n) is 1.90. The highest BCUT2D eigenvalue weighted by Gasteiger charge is 2.25. The van der Waals surface area contributed by atoms with Crippen molar-refractivity contribution >= 4 is 15.9 Å². The van der Waals surface area contributed by atoms with Gasteiger partial charge in [-0.1, -0.05) is 20.8 Å². The number of amides is 1. The number of carbonyl (C=O) groups is 1. The molecular weight excluding hydrogens is 292 g/mol. The average Bonchev–Trinajstić information content (AvgIpc) is 2.25. The highest BCUT2D eigenvalue weighted by Crippen LogP contribution is 2.35. The number of primary amides is 1. The van der Waals surface area contributed by atoms with E-state index in [2.05, 4.69) is 0 Å². The van der Waals surface area contributed by atoms with Gasteiger partial charge in [0.25, 0.3) is 5.91 Å². The molecule has 0 aliphatic heterocycles. The molecule has 1 unspecified atom stereocenters. The van der Waals surface area contributed by atoms with Crippen molar-refractivity contribution in [2.24, 2.45) is 10.9 Å². The van der Waals surface area contributed by atoms with Crippen LogP contribution in [0.1, 0.15) is 38.8 Å². The Morgan fingerprint density at radius 2 is 1.81 bits per heavy atom. The first-order valence-corrected chi connectivity index (χ1v) is 8.02. The fraction of sp³-hybridized carbons (Fsp3) is 0.500. The molecule has 1 rings (SSSR count). The number of primary sulfonamides is 1. The Morgan fingerprint density at radius 3 is 2.19 bits per heavy atom. The van der Waals surface area contributed by atoms with Crippen LogP contribution in [0.4, 0.5) is 0 Å². The zero-order chi connectivity index (χ0) is 16.6. The van der Waals surface area contributed by atoms with Crippen LogP contribution >= 0.6 is 0 Å². The maximum absolute atomic E-state index is 11.6. The second-order valence-electron chi connectivity index (χ2n) is 6.07. The summed E-state index contributed by atoms with van der Waals surface area (Å²) in [6.07, 6.45) is -0.814. The van der Waals surface area contributed by atoms with E-state index in [0.717, 1.165) is 0 Å². The van der Waals surface area contributed by atoms with Crippen LogP contribution in [-0.4, -0.2) is 20.4 Å². The van der Waals surface area contributed by atoms with Crippen molar-refractivity contribution in [2.45, 2.75) is 51.0 Å². The van der Waals surface area contributed by atoms with Gasteiger partial charge in [-0.3, -0.25) is 4.79 Å². The van der Waals surface area contributed by atoms with E-state index in [1.54, 1.807) is 13.0 Å². The van der Waals surface area contributed by atoms with Gasteiger partial charge in [0.15, 0.2) is 6.10 Å². The SMILES string of the molecule is Cc1cc(OC(C)C(N)=O)c(C(C)(C)C)cc1S(N)(=O)=O. The maximum Gasteiger partial charge on any atom is 0.258 e.